The van der Waals surface area contributed by atoms with Gasteiger partial charge >= 0.3 is 0 Å². The number of nitrogens with zero attached hydrogens (tertiary/aromatic N) is 1. The van der Waals surface area contributed by atoms with Crippen molar-refractivity contribution in [3.63, 3.8) is 0 Å². The zero-order chi connectivity index (χ0) is 14.1. The van der Waals surface area contributed by atoms with Crippen LogP contribution >= 0.6 is 0 Å². The van der Waals surface area contributed by atoms with Crippen LogP contribution in [0.15, 0.2) is 24.3 Å². The summed E-state index contributed by atoms with van der Waals surface area (Å²) in [4.78, 5) is 13.4. The molecule has 0 radical (unpaired) electrons. The average molecular weight is 264 g/mol. The van der Waals surface area contributed by atoms with E-state index >= 15 is 0 Å². The van der Waals surface area contributed by atoms with Gasteiger partial charge in [0.1, 0.15) is 5.75 Å². The van der Waals surface area contributed by atoms with Crippen molar-refractivity contribution in [3.8, 4) is 5.75 Å². The normalized spacial score (nSPS) is 10.3. The molecule has 0 atom stereocenters. The van der Waals surface area contributed by atoms with Crippen LogP contribution in [0.3, 0.4) is 0 Å². The predicted octanol–water partition coefficient (Wildman–Crippen LogP) is 1.96. The lowest BCUT2D eigenvalue weighted by Gasteiger charge is -2.17. The summed E-state index contributed by atoms with van der Waals surface area (Å²) in [5, 5.41) is 0. The van der Waals surface area contributed by atoms with E-state index in [2.05, 4.69) is 0 Å². The van der Waals surface area contributed by atoms with Gasteiger partial charge in [0.2, 0.25) is 5.91 Å². The molecule has 1 amide bonds. The first-order valence-electron chi connectivity index (χ1n) is 6.77. The molecule has 0 aliphatic heterocycles. The van der Waals surface area contributed by atoms with Crippen LogP contribution in [-0.4, -0.2) is 37.6 Å². The van der Waals surface area contributed by atoms with Crippen LogP contribution < -0.4 is 10.5 Å². The molecule has 1 aromatic rings. The van der Waals surface area contributed by atoms with E-state index in [0.717, 1.165) is 30.7 Å². The molecule has 0 fully saturated rings. The first kappa shape index (κ1) is 15.5. The van der Waals surface area contributed by atoms with Crippen LogP contribution in [0.2, 0.25) is 0 Å². The second kappa shape index (κ2) is 8.53. The molecule has 0 bridgehead atoms. The summed E-state index contributed by atoms with van der Waals surface area (Å²) in [6, 6.07) is 7.94. The minimum atomic E-state index is 0.154. The Balaban J connectivity index is 2.20. The molecule has 0 aliphatic rings. The van der Waals surface area contributed by atoms with Gasteiger partial charge in [-0.2, -0.15) is 0 Å². The number of rotatable bonds is 8. The lowest BCUT2D eigenvalue weighted by molar-refractivity contribution is -0.130. The standard InChI is InChI=1S/C15H24N2O2/c1-13-7-3-4-8-14(13)19-12-6-11-17(2)15(18)9-5-10-16/h3-4,7-8H,5-6,9-12,16H2,1-2H3. The third kappa shape index (κ3) is 5.75. The molecule has 0 aliphatic carbocycles. The van der Waals surface area contributed by atoms with Crippen LogP contribution in [0, 0.1) is 6.92 Å². The topological polar surface area (TPSA) is 55.6 Å². The van der Waals surface area contributed by atoms with Gasteiger partial charge in [0.25, 0.3) is 0 Å². The molecular formula is C15H24N2O2. The molecule has 0 aromatic heterocycles. The SMILES string of the molecule is Cc1ccccc1OCCCN(C)C(=O)CCCN. The van der Waals surface area contributed by atoms with Crippen LogP contribution in [-0.2, 0) is 4.79 Å². The van der Waals surface area contributed by atoms with Crippen molar-refractivity contribution >= 4 is 5.91 Å². The van der Waals surface area contributed by atoms with E-state index in [4.69, 9.17) is 10.5 Å². The summed E-state index contributed by atoms with van der Waals surface area (Å²) in [6.45, 7) is 3.93. The Morgan fingerprint density at radius 3 is 2.74 bits per heavy atom. The molecule has 0 saturated heterocycles. The Hall–Kier alpha value is -1.55. The monoisotopic (exact) mass is 264 g/mol. The molecule has 1 rings (SSSR count). The van der Waals surface area contributed by atoms with Crippen molar-refractivity contribution in [1.29, 1.82) is 0 Å². The maximum atomic E-state index is 11.6. The zero-order valence-electron chi connectivity index (χ0n) is 11.9. The number of hydrogen-bond acceptors (Lipinski definition) is 3. The minimum absolute atomic E-state index is 0.154. The maximum Gasteiger partial charge on any atom is 0.222 e. The van der Waals surface area contributed by atoms with Crippen molar-refractivity contribution in [2.45, 2.75) is 26.2 Å². The number of ether oxygens (including phenoxy) is 1. The molecule has 0 heterocycles. The molecule has 2 N–H and O–H groups in total. The van der Waals surface area contributed by atoms with E-state index in [1.165, 1.54) is 0 Å². The Morgan fingerprint density at radius 2 is 2.05 bits per heavy atom. The van der Waals surface area contributed by atoms with E-state index in [1.54, 1.807) is 4.90 Å². The van der Waals surface area contributed by atoms with Crippen molar-refractivity contribution in [3.05, 3.63) is 29.8 Å². The minimum Gasteiger partial charge on any atom is -0.493 e. The van der Waals surface area contributed by atoms with Crippen LogP contribution in [0.1, 0.15) is 24.8 Å². The number of nitrogens with two attached hydrogens (primary N) is 1. The van der Waals surface area contributed by atoms with E-state index in [0.29, 0.717) is 19.6 Å². The number of carbonyl (C=O) groups is 1. The molecule has 0 saturated carbocycles. The van der Waals surface area contributed by atoms with Crippen molar-refractivity contribution < 1.29 is 9.53 Å². The Labute approximate surface area is 115 Å². The maximum absolute atomic E-state index is 11.6. The highest BCUT2D eigenvalue weighted by Gasteiger charge is 2.07. The van der Waals surface area contributed by atoms with E-state index < -0.39 is 0 Å². The number of carbonyl (C=O) groups excluding carboxylic acids is 1. The summed E-state index contributed by atoms with van der Waals surface area (Å²) in [7, 11) is 1.83. The lowest BCUT2D eigenvalue weighted by Crippen LogP contribution is -2.28. The first-order valence-corrected chi connectivity index (χ1v) is 6.77. The molecule has 19 heavy (non-hydrogen) atoms. The fraction of sp³-hybridized carbons (Fsp3) is 0.533. The number of para-hydroxylation sites is 1. The molecule has 4 nitrogen and oxygen atoms in total. The quantitative estimate of drug-likeness (QED) is 0.730. The fourth-order valence-electron chi connectivity index (χ4n) is 1.77. The van der Waals surface area contributed by atoms with Crippen molar-refractivity contribution in [2.24, 2.45) is 5.73 Å². The third-order valence-corrected chi connectivity index (χ3v) is 3.01. The number of aryl methyl sites for hydroxylation is 1. The van der Waals surface area contributed by atoms with E-state index in [9.17, 15) is 4.79 Å². The zero-order valence-corrected chi connectivity index (χ0v) is 11.9. The molecule has 0 unspecified atom stereocenters. The molecule has 4 heteroatoms. The summed E-state index contributed by atoms with van der Waals surface area (Å²) in [5.74, 6) is 1.07. The van der Waals surface area contributed by atoms with Gasteiger partial charge in [0.05, 0.1) is 6.61 Å². The van der Waals surface area contributed by atoms with Gasteiger partial charge in [-0.25, -0.2) is 0 Å². The number of amides is 1. The van der Waals surface area contributed by atoms with E-state index in [1.807, 2.05) is 38.2 Å². The van der Waals surface area contributed by atoms with Crippen molar-refractivity contribution in [2.75, 3.05) is 26.7 Å². The Morgan fingerprint density at radius 1 is 1.32 bits per heavy atom. The van der Waals surface area contributed by atoms with Crippen LogP contribution in [0.25, 0.3) is 0 Å². The molecule has 1 aromatic carbocycles. The second-order valence-electron chi connectivity index (χ2n) is 4.68. The van der Waals surface area contributed by atoms with Gasteiger partial charge < -0.3 is 15.4 Å². The fourth-order valence-corrected chi connectivity index (χ4v) is 1.77. The predicted molar refractivity (Wildman–Crippen MR) is 77.2 cm³/mol. The Bertz CT molecular complexity index is 393. The van der Waals surface area contributed by atoms with Gasteiger partial charge in [0.15, 0.2) is 0 Å². The van der Waals surface area contributed by atoms with Crippen molar-refractivity contribution in [1.82, 2.24) is 4.90 Å². The van der Waals surface area contributed by atoms with Gasteiger partial charge in [-0.15, -0.1) is 0 Å². The first-order chi connectivity index (χ1) is 9.15. The summed E-state index contributed by atoms with van der Waals surface area (Å²) >= 11 is 0. The van der Waals surface area contributed by atoms with Gasteiger partial charge in [-0.05, 0) is 37.9 Å². The highest BCUT2D eigenvalue weighted by Crippen LogP contribution is 2.16. The average Bonchev–Trinajstić information content (AvgIpc) is 2.42. The van der Waals surface area contributed by atoms with Crippen LogP contribution in [0.4, 0.5) is 0 Å². The summed E-state index contributed by atoms with van der Waals surface area (Å²) in [6.07, 6.45) is 2.12. The Kier molecular flexibility index (Phi) is 6.97. The van der Waals surface area contributed by atoms with Gasteiger partial charge in [-0.3, -0.25) is 4.79 Å². The van der Waals surface area contributed by atoms with Gasteiger partial charge in [-0.1, -0.05) is 18.2 Å². The molecule has 0 spiro atoms. The molecule has 106 valence electrons. The summed E-state index contributed by atoms with van der Waals surface area (Å²) in [5.41, 5.74) is 6.52. The summed E-state index contributed by atoms with van der Waals surface area (Å²) < 4.78 is 5.69. The lowest BCUT2D eigenvalue weighted by atomic mass is 10.2. The second-order valence-corrected chi connectivity index (χ2v) is 4.68. The van der Waals surface area contributed by atoms with Gasteiger partial charge in [0, 0.05) is 20.0 Å². The third-order valence-electron chi connectivity index (χ3n) is 3.01. The number of hydrogen-bond donors (Lipinski definition) is 1. The highest BCUT2D eigenvalue weighted by molar-refractivity contribution is 5.75. The smallest absolute Gasteiger partial charge is 0.222 e. The van der Waals surface area contributed by atoms with Crippen LogP contribution in [0.5, 0.6) is 5.75 Å². The molecular weight excluding hydrogens is 240 g/mol. The van der Waals surface area contributed by atoms with E-state index in [-0.39, 0.29) is 5.91 Å². The number of benzene rings is 1. The largest absolute Gasteiger partial charge is 0.493 e. The highest BCUT2D eigenvalue weighted by atomic mass is 16.5.